The number of fused-ring (bicyclic) bond motifs is 11. The average Bonchev–Trinajstić information content (AvgIpc) is 3.52. The number of hydrogen-bond donors (Lipinski definition) is 0. The summed E-state index contributed by atoms with van der Waals surface area (Å²) in [4.78, 5) is 14.6. The normalized spacial score (nSPS) is 17.4. The van der Waals surface area contributed by atoms with Gasteiger partial charge in [-0.3, -0.25) is 9.98 Å². The lowest BCUT2D eigenvalue weighted by Crippen LogP contribution is -2.52. The van der Waals surface area contributed by atoms with Gasteiger partial charge in [-0.2, -0.15) is 0 Å². The molecular weight excluding hydrogens is 500 g/mol. The Balaban J connectivity index is 1.21. The molecule has 0 N–H and O–H groups in total. The van der Waals surface area contributed by atoms with E-state index in [9.17, 15) is 0 Å². The molecule has 3 heterocycles. The van der Waals surface area contributed by atoms with Gasteiger partial charge in [0.15, 0.2) is 0 Å². The van der Waals surface area contributed by atoms with Gasteiger partial charge < -0.3 is 9.80 Å². The van der Waals surface area contributed by atoms with E-state index in [-0.39, 0.29) is 5.41 Å². The predicted molar refractivity (Wildman–Crippen MR) is 166 cm³/mol. The highest BCUT2D eigenvalue weighted by Gasteiger charge is 2.51. The van der Waals surface area contributed by atoms with E-state index in [1.54, 1.807) is 0 Å². The minimum absolute atomic E-state index is 0.302. The molecule has 4 aliphatic rings. The standard InChI is InChI=1S/C37H30N4/c1-4-12-31-27(9-1)28-10-2-5-13-32(28)37(31)33-14-6-3-11-29(33)30-23-25(15-16-34(30)37)35-24-26(17-19-38-35)41-22-8-21-40-20-7-18-39-36(40)41/h1-6,9-17,19,23-24H,7-8,18,20-22H2. The maximum absolute atomic E-state index is 4.91. The van der Waals surface area contributed by atoms with Crippen molar-refractivity contribution in [2.24, 2.45) is 4.99 Å². The first-order valence-electron chi connectivity index (χ1n) is 14.8. The first-order chi connectivity index (χ1) is 20.3. The Kier molecular flexibility index (Phi) is 4.86. The van der Waals surface area contributed by atoms with Crippen molar-refractivity contribution in [3.05, 3.63) is 132 Å². The number of pyridine rings is 1. The van der Waals surface area contributed by atoms with Gasteiger partial charge in [0.2, 0.25) is 5.96 Å². The Bertz CT molecular complexity index is 1840. The van der Waals surface area contributed by atoms with E-state index in [0.717, 1.165) is 56.2 Å². The maximum Gasteiger partial charge on any atom is 0.201 e. The lowest BCUT2D eigenvalue weighted by atomic mass is 9.70. The third-order valence-electron chi connectivity index (χ3n) is 9.52. The van der Waals surface area contributed by atoms with Gasteiger partial charge >= 0.3 is 0 Å². The average molecular weight is 531 g/mol. The summed E-state index contributed by atoms with van der Waals surface area (Å²) in [6, 6.07) is 38.3. The van der Waals surface area contributed by atoms with Crippen molar-refractivity contribution in [1.82, 2.24) is 9.88 Å². The quantitative estimate of drug-likeness (QED) is 0.234. The highest BCUT2D eigenvalue weighted by Crippen LogP contribution is 2.62. The molecule has 41 heavy (non-hydrogen) atoms. The zero-order valence-corrected chi connectivity index (χ0v) is 22.9. The van der Waals surface area contributed by atoms with Crippen LogP contribution in [0.1, 0.15) is 35.1 Å². The highest BCUT2D eigenvalue weighted by atomic mass is 15.4. The lowest BCUT2D eigenvalue weighted by Gasteiger charge is -2.41. The van der Waals surface area contributed by atoms with Gasteiger partial charge in [0.1, 0.15) is 0 Å². The summed E-state index contributed by atoms with van der Waals surface area (Å²) in [6.07, 6.45) is 4.25. The summed E-state index contributed by atoms with van der Waals surface area (Å²) >= 11 is 0. The van der Waals surface area contributed by atoms with Gasteiger partial charge in [-0.1, -0.05) is 84.9 Å². The Hall–Kier alpha value is -4.70. The van der Waals surface area contributed by atoms with E-state index < -0.39 is 0 Å². The van der Waals surface area contributed by atoms with Gasteiger partial charge in [-0.05, 0) is 75.5 Å². The maximum atomic E-state index is 4.91. The molecule has 4 aromatic carbocycles. The molecule has 5 aromatic rings. The summed E-state index contributed by atoms with van der Waals surface area (Å²) in [7, 11) is 0. The van der Waals surface area contributed by atoms with E-state index in [4.69, 9.17) is 9.98 Å². The third kappa shape index (κ3) is 3.10. The van der Waals surface area contributed by atoms with Gasteiger partial charge in [0.05, 0.1) is 11.1 Å². The van der Waals surface area contributed by atoms with Crippen LogP contribution < -0.4 is 4.90 Å². The van der Waals surface area contributed by atoms with Crippen molar-refractivity contribution >= 4 is 11.6 Å². The van der Waals surface area contributed by atoms with Gasteiger partial charge in [0.25, 0.3) is 0 Å². The van der Waals surface area contributed by atoms with Crippen molar-refractivity contribution < 1.29 is 0 Å². The fourth-order valence-corrected chi connectivity index (χ4v) is 7.88. The first kappa shape index (κ1) is 23.0. The number of guanidine groups is 1. The molecule has 0 saturated carbocycles. The number of aliphatic imine (C=N–C) groups is 1. The number of benzene rings is 4. The van der Waals surface area contributed by atoms with Crippen LogP contribution in [0, 0.1) is 0 Å². The monoisotopic (exact) mass is 530 g/mol. The van der Waals surface area contributed by atoms with E-state index in [2.05, 4.69) is 113 Å². The van der Waals surface area contributed by atoms with E-state index in [0.29, 0.717) is 0 Å². The molecule has 2 aliphatic carbocycles. The Labute approximate surface area is 240 Å². The molecule has 1 aromatic heterocycles. The van der Waals surface area contributed by atoms with Crippen LogP contribution >= 0.6 is 0 Å². The van der Waals surface area contributed by atoms with Crippen LogP contribution in [-0.4, -0.2) is 42.0 Å². The summed E-state index contributed by atoms with van der Waals surface area (Å²) in [6.45, 7) is 4.12. The molecule has 1 spiro atoms. The molecule has 1 saturated heterocycles. The smallest absolute Gasteiger partial charge is 0.201 e. The zero-order chi connectivity index (χ0) is 27.0. The second kappa shape index (κ2) is 8.65. The molecule has 4 heteroatoms. The van der Waals surface area contributed by atoms with E-state index in [1.807, 2.05) is 6.20 Å². The largest absolute Gasteiger partial charge is 0.342 e. The third-order valence-corrected chi connectivity index (χ3v) is 9.52. The number of rotatable bonds is 2. The highest BCUT2D eigenvalue weighted by molar-refractivity contribution is 5.98. The predicted octanol–water partition coefficient (Wildman–Crippen LogP) is 7.36. The van der Waals surface area contributed by atoms with Crippen molar-refractivity contribution in [1.29, 1.82) is 0 Å². The van der Waals surface area contributed by atoms with Crippen molar-refractivity contribution in [3.63, 3.8) is 0 Å². The number of aromatic nitrogens is 1. The molecule has 0 unspecified atom stereocenters. The second-order valence-electron chi connectivity index (χ2n) is 11.6. The molecule has 9 rings (SSSR count). The van der Waals surface area contributed by atoms with Crippen LogP contribution in [0.5, 0.6) is 0 Å². The van der Waals surface area contributed by atoms with E-state index in [1.165, 1.54) is 50.2 Å². The fourth-order valence-electron chi connectivity index (χ4n) is 7.88. The summed E-state index contributed by atoms with van der Waals surface area (Å²) in [5.41, 5.74) is 13.8. The molecule has 0 atom stereocenters. The van der Waals surface area contributed by atoms with Crippen LogP contribution in [0.25, 0.3) is 33.5 Å². The van der Waals surface area contributed by atoms with Crippen LogP contribution in [0.2, 0.25) is 0 Å². The Morgan fingerprint density at radius 1 is 0.585 bits per heavy atom. The molecular formula is C37H30N4. The molecule has 0 amide bonds. The van der Waals surface area contributed by atoms with E-state index >= 15 is 0 Å². The van der Waals surface area contributed by atoms with Gasteiger partial charge in [-0.15, -0.1) is 0 Å². The summed E-state index contributed by atoms with van der Waals surface area (Å²) < 4.78 is 0. The molecule has 2 aliphatic heterocycles. The van der Waals surface area contributed by atoms with Crippen molar-refractivity contribution in [2.75, 3.05) is 31.1 Å². The molecule has 0 bridgehead atoms. The number of anilines is 1. The minimum atomic E-state index is -0.302. The lowest BCUT2D eigenvalue weighted by molar-refractivity contribution is 0.360. The second-order valence-corrected chi connectivity index (χ2v) is 11.6. The Morgan fingerprint density at radius 3 is 1.95 bits per heavy atom. The molecule has 4 nitrogen and oxygen atoms in total. The van der Waals surface area contributed by atoms with Crippen molar-refractivity contribution in [3.8, 4) is 33.5 Å². The van der Waals surface area contributed by atoms with Crippen LogP contribution in [-0.2, 0) is 5.41 Å². The zero-order valence-electron chi connectivity index (χ0n) is 22.9. The SMILES string of the molecule is c1ccc2c(c1)-c1ccccc1C21c2ccccc2-c2cc(-c3cc(N4CCCN5CCCN=C54)ccn3)ccc21. The number of nitrogens with zero attached hydrogens (tertiary/aromatic N) is 4. The Morgan fingerprint density at radius 2 is 1.22 bits per heavy atom. The topological polar surface area (TPSA) is 31.7 Å². The minimum Gasteiger partial charge on any atom is -0.342 e. The van der Waals surface area contributed by atoms with Crippen molar-refractivity contribution in [2.45, 2.75) is 18.3 Å². The van der Waals surface area contributed by atoms with Gasteiger partial charge in [0, 0.05) is 43.6 Å². The van der Waals surface area contributed by atoms with Crippen LogP contribution in [0.4, 0.5) is 5.69 Å². The molecule has 0 radical (unpaired) electrons. The molecule has 1 fully saturated rings. The molecule has 198 valence electrons. The summed E-state index contributed by atoms with van der Waals surface area (Å²) in [5.74, 6) is 1.13. The van der Waals surface area contributed by atoms with Crippen LogP contribution in [0.15, 0.2) is 114 Å². The first-order valence-corrected chi connectivity index (χ1v) is 14.8. The number of hydrogen-bond acceptors (Lipinski definition) is 4. The fraction of sp³-hybridized carbons (Fsp3) is 0.189. The van der Waals surface area contributed by atoms with Crippen LogP contribution in [0.3, 0.4) is 0 Å². The van der Waals surface area contributed by atoms with Gasteiger partial charge in [-0.25, -0.2) is 0 Å². The summed E-state index contributed by atoms with van der Waals surface area (Å²) in [5, 5.41) is 0.